The first-order chi connectivity index (χ1) is 7.79. The Balaban J connectivity index is 2.57. The molecule has 7 heteroatoms. The number of likely N-dealkylation sites (N-methyl/N-ethyl adjacent to an activating group) is 1. The fraction of sp³-hybridized carbons (Fsp3) is 0.500. The predicted octanol–water partition coefficient (Wildman–Crippen LogP) is 0.644. The molecule has 1 heterocycles. The smallest absolute Gasteiger partial charge is 0.240 e. The minimum Gasteiger partial charge on any atom is -0.340 e. The first kappa shape index (κ1) is 14.1. The molecule has 0 spiro atoms. The second-order valence-corrected chi connectivity index (χ2v) is 6.50. The zero-order valence-electron chi connectivity index (χ0n) is 10.0. The van der Waals surface area contributed by atoms with Crippen molar-refractivity contribution in [1.82, 2.24) is 9.62 Å². The van der Waals surface area contributed by atoms with E-state index in [9.17, 15) is 13.2 Å². The topological polar surface area (TPSA) is 66.5 Å². The predicted molar refractivity (Wildman–Crippen MR) is 68.2 cm³/mol. The average Bonchev–Trinajstić information content (AvgIpc) is 2.66. The van der Waals surface area contributed by atoms with E-state index in [0.29, 0.717) is 6.54 Å². The number of nitrogens with one attached hydrogen (secondary N) is 1. The van der Waals surface area contributed by atoms with Crippen molar-refractivity contribution in [3.05, 3.63) is 22.4 Å². The van der Waals surface area contributed by atoms with Gasteiger partial charge in [-0.3, -0.25) is 4.79 Å². The molecule has 1 amide bonds. The number of hydrogen-bond donors (Lipinski definition) is 1. The van der Waals surface area contributed by atoms with Crippen LogP contribution in [-0.4, -0.2) is 38.6 Å². The maximum absolute atomic E-state index is 11.8. The van der Waals surface area contributed by atoms with Crippen LogP contribution in [0, 0.1) is 0 Å². The minimum atomic E-state index is -3.36. The van der Waals surface area contributed by atoms with Crippen LogP contribution in [0.3, 0.4) is 0 Å². The van der Waals surface area contributed by atoms with Gasteiger partial charge in [-0.25, -0.2) is 13.1 Å². The minimum absolute atomic E-state index is 0.248. The molecule has 1 atom stereocenters. The van der Waals surface area contributed by atoms with Crippen molar-refractivity contribution in [3.63, 3.8) is 0 Å². The lowest BCUT2D eigenvalue weighted by atomic mass is 10.2. The highest BCUT2D eigenvalue weighted by atomic mass is 32.2. The van der Waals surface area contributed by atoms with Gasteiger partial charge in [-0.05, 0) is 29.3 Å². The zero-order valence-corrected chi connectivity index (χ0v) is 11.6. The Morgan fingerprint density at radius 3 is 2.71 bits per heavy atom. The number of carbonyl (C=O) groups excluding carboxylic acids is 1. The van der Waals surface area contributed by atoms with Crippen LogP contribution in [0.25, 0.3) is 0 Å². The van der Waals surface area contributed by atoms with Gasteiger partial charge in [0.2, 0.25) is 15.9 Å². The van der Waals surface area contributed by atoms with E-state index >= 15 is 0 Å². The number of sulfonamides is 1. The van der Waals surface area contributed by atoms with Crippen molar-refractivity contribution >= 4 is 27.3 Å². The van der Waals surface area contributed by atoms with Crippen LogP contribution < -0.4 is 4.72 Å². The summed E-state index contributed by atoms with van der Waals surface area (Å²) in [5.41, 5.74) is 1.04. The van der Waals surface area contributed by atoms with Crippen LogP contribution in [0.5, 0.6) is 0 Å². The summed E-state index contributed by atoms with van der Waals surface area (Å²) >= 11 is 1.56. The highest BCUT2D eigenvalue weighted by Crippen LogP contribution is 2.09. The molecule has 1 aromatic heterocycles. The third-order valence-electron chi connectivity index (χ3n) is 2.14. The van der Waals surface area contributed by atoms with Crippen LogP contribution in [0.15, 0.2) is 16.8 Å². The van der Waals surface area contributed by atoms with E-state index in [0.717, 1.165) is 11.8 Å². The number of thiophene rings is 1. The lowest BCUT2D eigenvalue weighted by Crippen LogP contribution is -2.44. The molecule has 1 N–H and O–H groups in total. The van der Waals surface area contributed by atoms with Crippen molar-refractivity contribution in [2.45, 2.75) is 19.5 Å². The first-order valence-electron chi connectivity index (χ1n) is 5.03. The number of carbonyl (C=O) groups is 1. The molecule has 1 rings (SSSR count). The number of nitrogens with zero attached hydrogens (tertiary/aromatic N) is 1. The maximum atomic E-state index is 11.8. The lowest BCUT2D eigenvalue weighted by molar-refractivity contribution is -0.131. The van der Waals surface area contributed by atoms with Crippen LogP contribution >= 0.6 is 11.3 Å². The number of amides is 1. The monoisotopic (exact) mass is 276 g/mol. The van der Waals surface area contributed by atoms with Gasteiger partial charge in [0.15, 0.2) is 0 Å². The van der Waals surface area contributed by atoms with E-state index in [1.165, 1.54) is 11.8 Å². The summed E-state index contributed by atoms with van der Waals surface area (Å²) in [6.07, 6.45) is 1.04. The van der Waals surface area contributed by atoms with Gasteiger partial charge in [0.05, 0.1) is 12.3 Å². The Morgan fingerprint density at radius 2 is 2.24 bits per heavy atom. The van der Waals surface area contributed by atoms with Gasteiger partial charge < -0.3 is 4.90 Å². The van der Waals surface area contributed by atoms with Gasteiger partial charge in [-0.1, -0.05) is 0 Å². The highest BCUT2D eigenvalue weighted by molar-refractivity contribution is 7.88. The normalized spacial score (nSPS) is 13.4. The van der Waals surface area contributed by atoms with Crippen LogP contribution in [0.4, 0.5) is 0 Å². The van der Waals surface area contributed by atoms with Crippen molar-refractivity contribution in [1.29, 1.82) is 0 Å². The molecule has 0 radical (unpaired) electrons. The summed E-state index contributed by atoms with van der Waals surface area (Å²) in [6.45, 7) is 2.02. The van der Waals surface area contributed by atoms with Gasteiger partial charge in [0, 0.05) is 13.6 Å². The second kappa shape index (κ2) is 5.61. The third kappa shape index (κ3) is 4.84. The van der Waals surface area contributed by atoms with Gasteiger partial charge in [0.1, 0.15) is 0 Å². The molecule has 5 nitrogen and oxygen atoms in total. The standard InChI is InChI=1S/C10H16N2O3S2/c1-8(11-17(3,14)15)10(13)12(2)6-9-4-5-16-7-9/h4-5,7-8,11H,6H2,1-3H3/t8-/m1/s1. The molecule has 0 aromatic carbocycles. The van der Waals surface area contributed by atoms with E-state index in [2.05, 4.69) is 4.72 Å². The second-order valence-electron chi connectivity index (χ2n) is 3.94. The molecule has 96 valence electrons. The van der Waals surface area contributed by atoms with Crippen molar-refractivity contribution < 1.29 is 13.2 Å². The van der Waals surface area contributed by atoms with Gasteiger partial charge in [-0.2, -0.15) is 11.3 Å². The Kier molecular flexibility index (Phi) is 4.67. The highest BCUT2D eigenvalue weighted by Gasteiger charge is 2.20. The molecule has 0 fully saturated rings. The summed E-state index contributed by atoms with van der Waals surface area (Å²) in [5.74, 6) is -0.248. The number of rotatable bonds is 5. The molecule has 0 aliphatic rings. The summed E-state index contributed by atoms with van der Waals surface area (Å²) in [4.78, 5) is 13.4. The molecule has 0 aliphatic carbocycles. The van der Waals surface area contributed by atoms with Crippen LogP contribution in [0.1, 0.15) is 12.5 Å². The largest absolute Gasteiger partial charge is 0.340 e. The molecule has 0 saturated carbocycles. The molecular formula is C10H16N2O3S2. The molecule has 0 bridgehead atoms. The molecule has 17 heavy (non-hydrogen) atoms. The quantitative estimate of drug-likeness (QED) is 0.858. The molecule has 0 unspecified atom stereocenters. The summed E-state index contributed by atoms with van der Waals surface area (Å²) in [7, 11) is -1.71. The SMILES string of the molecule is C[C@@H](NS(C)(=O)=O)C(=O)N(C)Cc1ccsc1. The molecular weight excluding hydrogens is 260 g/mol. The van der Waals surface area contributed by atoms with E-state index < -0.39 is 16.1 Å². The Labute approximate surface area is 105 Å². The Hall–Kier alpha value is -0.920. The summed E-state index contributed by atoms with van der Waals surface area (Å²) < 4.78 is 24.3. The summed E-state index contributed by atoms with van der Waals surface area (Å²) in [5, 5.41) is 3.89. The third-order valence-corrected chi connectivity index (χ3v) is 3.65. The van der Waals surface area contributed by atoms with Gasteiger partial charge in [-0.15, -0.1) is 0 Å². The summed E-state index contributed by atoms with van der Waals surface area (Å²) in [6, 6.07) is 1.19. The lowest BCUT2D eigenvalue weighted by Gasteiger charge is -2.21. The average molecular weight is 276 g/mol. The maximum Gasteiger partial charge on any atom is 0.240 e. The van der Waals surface area contributed by atoms with Crippen molar-refractivity contribution in [3.8, 4) is 0 Å². The van der Waals surface area contributed by atoms with E-state index in [-0.39, 0.29) is 5.91 Å². The van der Waals surface area contributed by atoms with Gasteiger partial charge in [0.25, 0.3) is 0 Å². The van der Waals surface area contributed by atoms with Crippen LogP contribution in [0.2, 0.25) is 0 Å². The fourth-order valence-electron chi connectivity index (χ4n) is 1.44. The molecule has 1 aromatic rings. The van der Waals surface area contributed by atoms with E-state index in [1.54, 1.807) is 18.4 Å². The molecule has 0 saturated heterocycles. The fourth-order valence-corrected chi connectivity index (χ4v) is 2.84. The Morgan fingerprint density at radius 1 is 1.59 bits per heavy atom. The van der Waals surface area contributed by atoms with Gasteiger partial charge >= 0.3 is 0 Å². The molecule has 0 aliphatic heterocycles. The van der Waals surface area contributed by atoms with E-state index in [4.69, 9.17) is 0 Å². The Bertz CT molecular complexity index is 468. The first-order valence-corrected chi connectivity index (χ1v) is 7.86. The van der Waals surface area contributed by atoms with Crippen LogP contribution in [-0.2, 0) is 21.4 Å². The zero-order chi connectivity index (χ0) is 13.1. The van der Waals surface area contributed by atoms with Crippen molar-refractivity contribution in [2.24, 2.45) is 0 Å². The number of hydrogen-bond acceptors (Lipinski definition) is 4. The van der Waals surface area contributed by atoms with Crippen molar-refractivity contribution in [2.75, 3.05) is 13.3 Å². The van der Waals surface area contributed by atoms with E-state index in [1.807, 2.05) is 16.8 Å².